The maximum absolute atomic E-state index is 12.7. The highest BCUT2D eigenvalue weighted by Crippen LogP contribution is 2.31. The van der Waals surface area contributed by atoms with Gasteiger partial charge in [0.25, 0.3) is 5.91 Å². The predicted molar refractivity (Wildman–Crippen MR) is 78.7 cm³/mol. The Kier molecular flexibility index (Phi) is 3.89. The van der Waals surface area contributed by atoms with Crippen LogP contribution in [0.2, 0.25) is 0 Å². The number of amides is 1. The molecule has 0 spiro atoms. The third kappa shape index (κ3) is 2.70. The molecule has 1 aliphatic heterocycles. The summed E-state index contributed by atoms with van der Waals surface area (Å²) < 4.78 is 0. The van der Waals surface area contributed by atoms with Gasteiger partial charge in [0.2, 0.25) is 0 Å². The van der Waals surface area contributed by atoms with Crippen molar-refractivity contribution in [2.24, 2.45) is 5.73 Å². The van der Waals surface area contributed by atoms with E-state index in [-0.39, 0.29) is 11.9 Å². The highest BCUT2D eigenvalue weighted by atomic mass is 32.1. The zero-order valence-electron chi connectivity index (χ0n) is 11.4. The summed E-state index contributed by atoms with van der Waals surface area (Å²) in [7, 11) is 0. The number of aryl methyl sites for hydroxylation is 1. The monoisotopic (exact) mass is 278 g/mol. The van der Waals surface area contributed by atoms with E-state index in [0.717, 1.165) is 50.1 Å². The standard InChI is InChI=1S/C15H22N2OS/c16-12-6-3-4-8-17(9-12)15(18)14-13-7-2-1-5-11(13)10-19-14/h10,12H,1-9,16H2/t12-/m0/s1. The maximum atomic E-state index is 12.7. The second kappa shape index (κ2) is 5.63. The number of rotatable bonds is 1. The molecule has 2 heterocycles. The van der Waals surface area contributed by atoms with Crippen molar-refractivity contribution in [2.45, 2.75) is 51.0 Å². The van der Waals surface area contributed by atoms with Crippen molar-refractivity contribution >= 4 is 17.2 Å². The predicted octanol–water partition coefficient (Wildman–Crippen LogP) is 2.58. The van der Waals surface area contributed by atoms with Crippen LogP contribution in [0, 0.1) is 0 Å². The highest BCUT2D eigenvalue weighted by Gasteiger charge is 2.26. The first kappa shape index (κ1) is 13.1. The molecule has 1 aromatic rings. The van der Waals surface area contributed by atoms with E-state index in [9.17, 15) is 4.79 Å². The minimum atomic E-state index is 0.155. The number of hydrogen-bond acceptors (Lipinski definition) is 3. The van der Waals surface area contributed by atoms with Gasteiger partial charge in [-0.05, 0) is 55.0 Å². The molecule has 19 heavy (non-hydrogen) atoms. The molecule has 0 unspecified atom stereocenters. The molecule has 0 aromatic carbocycles. The van der Waals surface area contributed by atoms with Gasteiger partial charge in [0.05, 0.1) is 4.88 Å². The molecule has 2 N–H and O–H groups in total. The van der Waals surface area contributed by atoms with Gasteiger partial charge in [-0.3, -0.25) is 4.79 Å². The molecule has 4 heteroatoms. The molecule has 0 saturated carbocycles. The topological polar surface area (TPSA) is 46.3 Å². The lowest BCUT2D eigenvalue weighted by Crippen LogP contribution is -2.39. The average molecular weight is 278 g/mol. The number of hydrogen-bond donors (Lipinski definition) is 1. The molecule has 0 radical (unpaired) electrons. The van der Waals surface area contributed by atoms with Crippen molar-refractivity contribution in [2.75, 3.05) is 13.1 Å². The van der Waals surface area contributed by atoms with Crippen LogP contribution < -0.4 is 5.73 Å². The Morgan fingerprint density at radius 3 is 3.00 bits per heavy atom. The quantitative estimate of drug-likeness (QED) is 0.858. The zero-order valence-corrected chi connectivity index (χ0v) is 12.2. The summed E-state index contributed by atoms with van der Waals surface area (Å²) in [5.74, 6) is 0.227. The minimum Gasteiger partial charge on any atom is -0.336 e. The van der Waals surface area contributed by atoms with E-state index in [1.165, 1.54) is 24.0 Å². The van der Waals surface area contributed by atoms with E-state index < -0.39 is 0 Å². The molecule has 104 valence electrons. The number of carbonyl (C=O) groups is 1. The summed E-state index contributed by atoms with van der Waals surface area (Å²) in [5, 5.41) is 2.19. The summed E-state index contributed by atoms with van der Waals surface area (Å²) in [6, 6.07) is 0.155. The largest absolute Gasteiger partial charge is 0.336 e. The van der Waals surface area contributed by atoms with E-state index in [0.29, 0.717) is 0 Å². The summed E-state index contributed by atoms with van der Waals surface area (Å²) >= 11 is 1.64. The van der Waals surface area contributed by atoms with Crippen LogP contribution in [0.3, 0.4) is 0 Å². The Bertz CT molecular complexity index is 469. The number of nitrogens with zero attached hydrogens (tertiary/aromatic N) is 1. The molecular formula is C15H22N2OS. The van der Waals surface area contributed by atoms with Crippen molar-refractivity contribution in [3.05, 3.63) is 21.4 Å². The van der Waals surface area contributed by atoms with Crippen LogP contribution in [0.15, 0.2) is 5.38 Å². The molecule has 3 nitrogen and oxygen atoms in total. The Hall–Kier alpha value is -0.870. The summed E-state index contributed by atoms with van der Waals surface area (Å²) in [6.07, 6.45) is 8.01. The summed E-state index contributed by atoms with van der Waals surface area (Å²) in [6.45, 7) is 1.60. The first-order chi connectivity index (χ1) is 9.25. The van der Waals surface area contributed by atoms with Gasteiger partial charge in [-0.15, -0.1) is 11.3 Å². The van der Waals surface area contributed by atoms with Gasteiger partial charge in [0.15, 0.2) is 0 Å². The first-order valence-electron chi connectivity index (χ1n) is 7.40. The van der Waals surface area contributed by atoms with E-state index >= 15 is 0 Å². The molecule has 1 saturated heterocycles. The third-order valence-corrected chi connectivity index (χ3v) is 5.35. The fraction of sp³-hybridized carbons (Fsp3) is 0.667. The molecule has 1 fully saturated rings. The zero-order chi connectivity index (χ0) is 13.2. The third-order valence-electron chi connectivity index (χ3n) is 4.29. The molecule has 3 rings (SSSR count). The number of carbonyl (C=O) groups excluding carboxylic acids is 1. The van der Waals surface area contributed by atoms with Crippen LogP contribution in [0.1, 0.15) is 52.9 Å². The van der Waals surface area contributed by atoms with Crippen molar-refractivity contribution in [1.29, 1.82) is 0 Å². The fourth-order valence-electron chi connectivity index (χ4n) is 3.20. The average Bonchev–Trinajstić information content (AvgIpc) is 2.73. The van der Waals surface area contributed by atoms with Gasteiger partial charge < -0.3 is 10.6 Å². The number of nitrogens with two attached hydrogens (primary N) is 1. The Labute approximate surface area is 118 Å². The summed E-state index contributed by atoms with van der Waals surface area (Å²) in [4.78, 5) is 15.7. The first-order valence-corrected chi connectivity index (χ1v) is 8.28. The Balaban J connectivity index is 1.81. The fourth-order valence-corrected chi connectivity index (χ4v) is 4.33. The van der Waals surface area contributed by atoms with E-state index in [4.69, 9.17) is 5.73 Å². The van der Waals surface area contributed by atoms with Crippen LogP contribution in [0.4, 0.5) is 0 Å². The molecule has 1 aliphatic carbocycles. The second-order valence-electron chi connectivity index (χ2n) is 5.78. The molecule has 1 amide bonds. The molecule has 1 aromatic heterocycles. The Morgan fingerprint density at radius 2 is 2.11 bits per heavy atom. The highest BCUT2D eigenvalue weighted by molar-refractivity contribution is 7.12. The van der Waals surface area contributed by atoms with Crippen LogP contribution >= 0.6 is 11.3 Å². The SMILES string of the molecule is N[C@H]1CCCCN(C(=O)c2scc3c2CCCC3)C1. The lowest BCUT2D eigenvalue weighted by atomic mass is 9.93. The van der Waals surface area contributed by atoms with Crippen LogP contribution in [0.25, 0.3) is 0 Å². The number of thiophene rings is 1. The summed E-state index contributed by atoms with van der Waals surface area (Å²) in [5.41, 5.74) is 8.81. The number of fused-ring (bicyclic) bond motifs is 1. The molecule has 2 aliphatic rings. The van der Waals surface area contributed by atoms with E-state index in [1.807, 2.05) is 4.90 Å². The van der Waals surface area contributed by atoms with Crippen LogP contribution in [0.5, 0.6) is 0 Å². The normalized spacial score (nSPS) is 23.8. The van der Waals surface area contributed by atoms with Crippen molar-refractivity contribution in [1.82, 2.24) is 4.90 Å². The van der Waals surface area contributed by atoms with Crippen LogP contribution in [-0.4, -0.2) is 29.9 Å². The van der Waals surface area contributed by atoms with Gasteiger partial charge in [0.1, 0.15) is 0 Å². The smallest absolute Gasteiger partial charge is 0.264 e. The molecular weight excluding hydrogens is 256 g/mol. The lowest BCUT2D eigenvalue weighted by Gasteiger charge is -2.23. The maximum Gasteiger partial charge on any atom is 0.264 e. The molecule has 1 atom stereocenters. The van der Waals surface area contributed by atoms with E-state index in [1.54, 1.807) is 11.3 Å². The van der Waals surface area contributed by atoms with Gasteiger partial charge in [-0.2, -0.15) is 0 Å². The van der Waals surface area contributed by atoms with Crippen molar-refractivity contribution < 1.29 is 4.79 Å². The van der Waals surface area contributed by atoms with Gasteiger partial charge in [-0.1, -0.05) is 6.42 Å². The van der Waals surface area contributed by atoms with Crippen LogP contribution in [-0.2, 0) is 12.8 Å². The van der Waals surface area contributed by atoms with E-state index in [2.05, 4.69) is 5.38 Å². The van der Waals surface area contributed by atoms with Crippen molar-refractivity contribution in [3.63, 3.8) is 0 Å². The van der Waals surface area contributed by atoms with Gasteiger partial charge in [-0.25, -0.2) is 0 Å². The Morgan fingerprint density at radius 1 is 1.26 bits per heavy atom. The van der Waals surface area contributed by atoms with Gasteiger partial charge >= 0.3 is 0 Å². The van der Waals surface area contributed by atoms with Crippen molar-refractivity contribution in [3.8, 4) is 0 Å². The second-order valence-corrected chi connectivity index (χ2v) is 6.66. The molecule has 0 bridgehead atoms. The van der Waals surface area contributed by atoms with Gasteiger partial charge in [0, 0.05) is 19.1 Å². The lowest BCUT2D eigenvalue weighted by molar-refractivity contribution is 0.0758. The minimum absolute atomic E-state index is 0.155. The number of likely N-dealkylation sites (tertiary alicyclic amines) is 1.